The second kappa shape index (κ2) is 7.86. The summed E-state index contributed by atoms with van der Waals surface area (Å²) in [5.41, 5.74) is 4.88. The van der Waals surface area contributed by atoms with Gasteiger partial charge in [0.15, 0.2) is 0 Å². The van der Waals surface area contributed by atoms with Crippen LogP contribution in [0.1, 0.15) is 41.2 Å². The number of carbonyl (C=O) groups excluding carboxylic acids is 1. The van der Waals surface area contributed by atoms with E-state index in [-0.39, 0.29) is 17.8 Å². The van der Waals surface area contributed by atoms with Crippen LogP contribution in [0.25, 0.3) is 21.8 Å². The molecule has 2 aromatic carbocycles. The third kappa shape index (κ3) is 3.77. The molecule has 0 bridgehead atoms. The maximum absolute atomic E-state index is 14.1. The summed E-state index contributed by atoms with van der Waals surface area (Å²) >= 11 is 0. The molecular formula is C24H26FN3O2. The van der Waals surface area contributed by atoms with E-state index in [1.165, 1.54) is 6.07 Å². The summed E-state index contributed by atoms with van der Waals surface area (Å²) in [7, 11) is 0. The molecule has 4 rings (SSSR count). The van der Waals surface area contributed by atoms with E-state index >= 15 is 0 Å². The summed E-state index contributed by atoms with van der Waals surface area (Å²) in [5, 5.41) is 4.82. The molecule has 0 saturated heterocycles. The van der Waals surface area contributed by atoms with Gasteiger partial charge in [0.25, 0.3) is 5.91 Å². The van der Waals surface area contributed by atoms with E-state index in [1.54, 1.807) is 6.07 Å². The summed E-state index contributed by atoms with van der Waals surface area (Å²) < 4.78 is 19.8. The monoisotopic (exact) mass is 407 g/mol. The molecule has 0 aliphatic carbocycles. The second-order valence-electron chi connectivity index (χ2n) is 7.95. The number of carbonyl (C=O) groups is 1. The molecule has 1 amide bonds. The number of hydrogen-bond acceptors (Lipinski definition) is 2. The number of aryl methyl sites for hydroxylation is 2. The molecule has 2 heterocycles. The lowest BCUT2D eigenvalue weighted by atomic mass is 10.0. The smallest absolute Gasteiger partial charge is 0.267 e. The lowest BCUT2D eigenvalue weighted by molar-refractivity contribution is 0.0950. The number of fused-ring (bicyclic) bond motifs is 2. The van der Waals surface area contributed by atoms with E-state index in [0.29, 0.717) is 24.2 Å². The minimum atomic E-state index is -0.257. The first-order valence-corrected chi connectivity index (χ1v) is 10.2. The zero-order chi connectivity index (χ0) is 21.4. The number of aromatic nitrogens is 2. The quantitative estimate of drug-likeness (QED) is 0.413. The van der Waals surface area contributed by atoms with Gasteiger partial charge in [-0.1, -0.05) is 6.07 Å². The summed E-state index contributed by atoms with van der Waals surface area (Å²) in [6, 6.07) is 10.8. The standard InChI is InChI=1S/C24H26FN3O2/c1-13(2)30-17-7-6-16-11-21(28-20(16)12-17)24(29)26-10-9-18-15(4)27-23-19(25)8-5-14(3)22(18)23/h5-8,11-13,27-28H,9-10H2,1-4H3,(H,26,29). The number of benzene rings is 2. The predicted octanol–water partition coefficient (Wildman–Crippen LogP) is 5.16. The van der Waals surface area contributed by atoms with Crippen molar-refractivity contribution in [3.05, 3.63) is 64.7 Å². The van der Waals surface area contributed by atoms with Crippen LogP contribution in [0.2, 0.25) is 0 Å². The van der Waals surface area contributed by atoms with Crippen molar-refractivity contribution in [3.8, 4) is 5.75 Å². The summed E-state index contributed by atoms with van der Waals surface area (Å²) in [4.78, 5) is 18.9. The topological polar surface area (TPSA) is 69.9 Å². The first kappa shape index (κ1) is 20.0. The van der Waals surface area contributed by atoms with E-state index in [9.17, 15) is 9.18 Å². The highest BCUT2D eigenvalue weighted by atomic mass is 19.1. The number of halogens is 1. The molecule has 156 valence electrons. The highest BCUT2D eigenvalue weighted by Gasteiger charge is 2.15. The molecule has 30 heavy (non-hydrogen) atoms. The van der Waals surface area contributed by atoms with Crippen molar-refractivity contribution in [1.82, 2.24) is 15.3 Å². The third-order valence-corrected chi connectivity index (χ3v) is 5.30. The van der Waals surface area contributed by atoms with Gasteiger partial charge >= 0.3 is 0 Å². The molecule has 0 saturated carbocycles. The van der Waals surface area contributed by atoms with Gasteiger partial charge in [0, 0.05) is 34.6 Å². The Morgan fingerprint density at radius 2 is 1.93 bits per heavy atom. The van der Waals surface area contributed by atoms with E-state index in [0.717, 1.165) is 38.9 Å². The predicted molar refractivity (Wildman–Crippen MR) is 118 cm³/mol. The summed E-state index contributed by atoms with van der Waals surface area (Å²) in [6.45, 7) is 8.31. The largest absolute Gasteiger partial charge is 0.491 e. The molecular weight excluding hydrogens is 381 g/mol. The molecule has 3 N–H and O–H groups in total. The Kier molecular flexibility index (Phi) is 5.24. The van der Waals surface area contributed by atoms with Crippen molar-refractivity contribution in [2.75, 3.05) is 6.54 Å². The second-order valence-corrected chi connectivity index (χ2v) is 7.95. The van der Waals surface area contributed by atoms with Crippen LogP contribution >= 0.6 is 0 Å². The van der Waals surface area contributed by atoms with E-state index < -0.39 is 0 Å². The zero-order valence-corrected chi connectivity index (χ0v) is 17.7. The van der Waals surface area contributed by atoms with Crippen molar-refractivity contribution in [2.45, 2.75) is 40.2 Å². The molecule has 4 aromatic rings. The minimum Gasteiger partial charge on any atom is -0.491 e. The van der Waals surface area contributed by atoms with Crippen molar-refractivity contribution < 1.29 is 13.9 Å². The fraction of sp³-hybridized carbons (Fsp3) is 0.292. The molecule has 0 atom stereocenters. The lowest BCUT2D eigenvalue weighted by Gasteiger charge is -2.08. The number of H-pyrrole nitrogens is 2. The van der Waals surface area contributed by atoms with Crippen LogP contribution in [0.4, 0.5) is 4.39 Å². The van der Waals surface area contributed by atoms with Crippen LogP contribution in [0.15, 0.2) is 36.4 Å². The number of aromatic amines is 2. The lowest BCUT2D eigenvalue weighted by Crippen LogP contribution is -2.26. The molecule has 0 unspecified atom stereocenters. The fourth-order valence-electron chi connectivity index (χ4n) is 3.93. The van der Waals surface area contributed by atoms with E-state index in [1.807, 2.05) is 52.0 Å². The van der Waals surface area contributed by atoms with Crippen LogP contribution in [0, 0.1) is 19.7 Å². The van der Waals surface area contributed by atoms with Gasteiger partial charge in [0.1, 0.15) is 17.3 Å². The molecule has 0 aliphatic heterocycles. The number of nitrogens with one attached hydrogen (secondary N) is 3. The van der Waals surface area contributed by atoms with Crippen LogP contribution in [-0.2, 0) is 6.42 Å². The molecule has 0 radical (unpaired) electrons. The van der Waals surface area contributed by atoms with Gasteiger partial charge in [0.05, 0.1) is 11.6 Å². The summed E-state index contributed by atoms with van der Waals surface area (Å²) in [5.74, 6) is 0.342. The Labute approximate surface area is 174 Å². The Balaban J connectivity index is 1.47. The third-order valence-electron chi connectivity index (χ3n) is 5.30. The van der Waals surface area contributed by atoms with E-state index in [4.69, 9.17) is 4.74 Å². The van der Waals surface area contributed by atoms with Gasteiger partial charge in [-0.3, -0.25) is 4.79 Å². The molecule has 2 aromatic heterocycles. The Bertz CT molecular complexity index is 1240. The Morgan fingerprint density at radius 3 is 2.70 bits per heavy atom. The van der Waals surface area contributed by atoms with Crippen molar-refractivity contribution >= 4 is 27.7 Å². The SMILES string of the molecule is Cc1[nH]c2c(F)ccc(C)c2c1CCNC(=O)c1cc2ccc(OC(C)C)cc2[nH]1. The Hall–Kier alpha value is -3.28. The minimum absolute atomic E-state index is 0.0882. The van der Waals surface area contributed by atoms with Gasteiger partial charge in [-0.25, -0.2) is 4.39 Å². The first-order chi connectivity index (χ1) is 14.3. The van der Waals surface area contributed by atoms with Gasteiger partial charge in [-0.15, -0.1) is 0 Å². The number of rotatable bonds is 6. The van der Waals surface area contributed by atoms with Crippen LogP contribution < -0.4 is 10.1 Å². The first-order valence-electron chi connectivity index (χ1n) is 10.2. The Morgan fingerprint density at radius 1 is 1.13 bits per heavy atom. The van der Waals surface area contributed by atoms with Crippen LogP contribution in [-0.4, -0.2) is 28.5 Å². The van der Waals surface area contributed by atoms with Crippen LogP contribution in [0.3, 0.4) is 0 Å². The average molecular weight is 407 g/mol. The highest BCUT2D eigenvalue weighted by molar-refractivity contribution is 5.98. The number of amides is 1. The van der Waals surface area contributed by atoms with Gasteiger partial charge in [0.2, 0.25) is 0 Å². The normalized spacial score (nSPS) is 11.5. The molecule has 0 spiro atoms. The van der Waals surface area contributed by atoms with Crippen molar-refractivity contribution in [3.63, 3.8) is 0 Å². The summed E-state index contributed by atoms with van der Waals surface area (Å²) in [6.07, 6.45) is 0.708. The fourth-order valence-corrected chi connectivity index (χ4v) is 3.93. The van der Waals surface area contributed by atoms with Gasteiger partial charge in [-0.2, -0.15) is 0 Å². The van der Waals surface area contributed by atoms with Gasteiger partial charge in [-0.05, 0) is 69.5 Å². The van der Waals surface area contributed by atoms with Crippen molar-refractivity contribution in [1.29, 1.82) is 0 Å². The number of ether oxygens (including phenoxy) is 1. The zero-order valence-electron chi connectivity index (χ0n) is 17.7. The van der Waals surface area contributed by atoms with Crippen LogP contribution in [0.5, 0.6) is 5.75 Å². The van der Waals surface area contributed by atoms with Gasteiger partial charge < -0.3 is 20.0 Å². The molecule has 5 nitrogen and oxygen atoms in total. The maximum atomic E-state index is 14.1. The molecule has 0 fully saturated rings. The molecule has 0 aliphatic rings. The number of hydrogen-bond donors (Lipinski definition) is 3. The van der Waals surface area contributed by atoms with E-state index in [2.05, 4.69) is 15.3 Å². The average Bonchev–Trinajstić information content (AvgIpc) is 3.26. The maximum Gasteiger partial charge on any atom is 0.267 e. The molecule has 6 heteroatoms. The highest BCUT2D eigenvalue weighted by Crippen LogP contribution is 2.28. The van der Waals surface area contributed by atoms with Crippen molar-refractivity contribution in [2.24, 2.45) is 0 Å².